The number of phenols is 1. The molecular formula is C21H32N2O6. The molecule has 1 aromatic carbocycles. The Balaban J connectivity index is 2.92. The van der Waals surface area contributed by atoms with Crippen LogP contribution in [-0.2, 0) is 25.5 Å². The molecule has 162 valence electrons. The van der Waals surface area contributed by atoms with Crippen LogP contribution < -0.4 is 10.6 Å². The molecule has 8 nitrogen and oxygen atoms in total. The average Bonchev–Trinajstić information content (AvgIpc) is 2.59. The molecule has 1 rings (SSSR count). The van der Waals surface area contributed by atoms with Crippen LogP contribution in [-0.4, -0.2) is 47.4 Å². The summed E-state index contributed by atoms with van der Waals surface area (Å²) in [5.74, 6) is -1.22. The van der Waals surface area contributed by atoms with Gasteiger partial charge in [-0.2, -0.15) is 0 Å². The molecule has 2 amide bonds. The molecule has 8 heteroatoms. The molecular weight excluding hydrogens is 376 g/mol. The second-order valence-electron chi connectivity index (χ2n) is 8.05. The van der Waals surface area contributed by atoms with Crippen LogP contribution in [0.3, 0.4) is 0 Å². The van der Waals surface area contributed by atoms with Gasteiger partial charge in [-0.1, -0.05) is 26.0 Å². The molecule has 3 N–H and O–H groups in total. The van der Waals surface area contributed by atoms with Crippen LogP contribution >= 0.6 is 0 Å². The molecule has 0 radical (unpaired) electrons. The van der Waals surface area contributed by atoms with Crippen molar-refractivity contribution in [2.24, 2.45) is 5.92 Å². The second kappa shape index (κ2) is 10.7. The smallest absolute Gasteiger partial charge is 0.408 e. The fraction of sp³-hybridized carbons (Fsp3) is 0.571. The molecule has 0 saturated carbocycles. The third-order valence-corrected chi connectivity index (χ3v) is 3.89. The Morgan fingerprint density at radius 2 is 1.66 bits per heavy atom. The topological polar surface area (TPSA) is 114 Å². The largest absolute Gasteiger partial charge is 0.508 e. The first kappa shape index (κ1) is 24.3. The third kappa shape index (κ3) is 8.85. The van der Waals surface area contributed by atoms with E-state index in [0.717, 1.165) is 5.56 Å². The summed E-state index contributed by atoms with van der Waals surface area (Å²) in [6, 6.07) is 4.50. The zero-order valence-corrected chi connectivity index (χ0v) is 17.9. The maximum atomic E-state index is 12.8. The lowest BCUT2D eigenvalue weighted by Gasteiger charge is -2.26. The van der Waals surface area contributed by atoms with E-state index in [9.17, 15) is 19.5 Å². The number of carbonyl (C=O) groups is 3. The Morgan fingerprint density at radius 3 is 2.14 bits per heavy atom. The molecule has 2 atom stereocenters. The number of phenolic OH excluding ortho intramolecular Hbond substituents is 1. The molecule has 0 saturated heterocycles. The summed E-state index contributed by atoms with van der Waals surface area (Å²) in [6.07, 6.45) is -0.528. The molecule has 0 unspecified atom stereocenters. The van der Waals surface area contributed by atoms with E-state index in [2.05, 4.69) is 10.6 Å². The van der Waals surface area contributed by atoms with Gasteiger partial charge in [0.1, 0.15) is 23.4 Å². The van der Waals surface area contributed by atoms with Crippen molar-refractivity contribution < 1.29 is 29.0 Å². The minimum absolute atomic E-state index is 0.104. The van der Waals surface area contributed by atoms with Gasteiger partial charge in [0.05, 0.1) is 6.61 Å². The number of alkyl carbamates (subject to hydrolysis) is 1. The Morgan fingerprint density at radius 1 is 1.07 bits per heavy atom. The highest BCUT2D eigenvalue weighted by Gasteiger charge is 2.31. The predicted octanol–water partition coefficient (Wildman–Crippen LogP) is 2.53. The van der Waals surface area contributed by atoms with Gasteiger partial charge in [-0.3, -0.25) is 4.79 Å². The van der Waals surface area contributed by atoms with Crippen LogP contribution in [0.2, 0.25) is 0 Å². The lowest BCUT2D eigenvalue weighted by molar-refractivity contribution is -0.147. The number of aromatic hydroxyl groups is 1. The highest BCUT2D eigenvalue weighted by Crippen LogP contribution is 2.13. The van der Waals surface area contributed by atoms with Gasteiger partial charge in [0.2, 0.25) is 5.91 Å². The fourth-order valence-corrected chi connectivity index (χ4v) is 2.53. The van der Waals surface area contributed by atoms with E-state index < -0.39 is 35.7 Å². The quantitative estimate of drug-likeness (QED) is 0.570. The lowest BCUT2D eigenvalue weighted by atomic mass is 10.0. The SMILES string of the molecule is CCOC(=O)[C@@H](Cc1ccc(O)cc1)NC(=O)[C@@H](NC(=O)OC(C)(C)C)C(C)C. The number of ether oxygens (including phenoxy) is 2. The summed E-state index contributed by atoms with van der Waals surface area (Å²) in [6.45, 7) is 10.6. The van der Waals surface area contributed by atoms with Crippen molar-refractivity contribution in [3.05, 3.63) is 29.8 Å². The van der Waals surface area contributed by atoms with Crippen LogP contribution in [0.1, 0.15) is 47.1 Å². The number of esters is 1. The van der Waals surface area contributed by atoms with Gasteiger partial charge in [-0.15, -0.1) is 0 Å². The van der Waals surface area contributed by atoms with Crippen molar-refractivity contribution in [1.29, 1.82) is 0 Å². The van der Waals surface area contributed by atoms with Gasteiger partial charge >= 0.3 is 12.1 Å². The first-order valence-corrected chi connectivity index (χ1v) is 9.67. The van der Waals surface area contributed by atoms with Crippen LogP contribution in [0.4, 0.5) is 4.79 Å². The van der Waals surface area contributed by atoms with E-state index in [0.29, 0.717) is 0 Å². The predicted molar refractivity (Wildman–Crippen MR) is 108 cm³/mol. The van der Waals surface area contributed by atoms with E-state index >= 15 is 0 Å². The number of rotatable bonds is 8. The van der Waals surface area contributed by atoms with Crippen molar-refractivity contribution in [2.75, 3.05) is 6.61 Å². The van der Waals surface area contributed by atoms with Crippen LogP contribution in [0.5, 0.6) is 5.75 Å². The van der Waals surface area contributed by atoms with Crippen LogP contribution in [0.25, 0.3) is 0 Å². The second-order valence-corrected chi connectivity index (χ2v) is 8.05. The number of nitrogens with one attached hydrogen (secondary N) is 2. The molecule has 0 heterocycles. The van der Waals surface area contributed by atoms with Crippen molar-refractivity contribution in [3.8, 4) is 5.75 Å². The van der Waals surface area contributed by atoms with Crippen molar-refractivity contribution in [1.82, 2.24) is 10.6 Å². The zero-order valence-electron chi connectivity index (χ0n) is 17.9. The molecule has 0 aliphatic heterocycles. The minimum Gasteiger partial charge on any atom is -0.508 e. The lowest BCUT2D eigenvalue weighted by Crippen LogP contribution is -2.55. The Hall–Kier alpha value is -2.77. The number of benzene rings is 1. The van der Waals surface area contributed by atoms with E-state index in [1.54, 1.807) is 53.7 Å². The van der Waals surface area contributed by atoms with E-state index in [-0.39, 0.29) is 24.7 Å². The number of carbonyl (C=O) groups excluding carboxylic acids is 3. The van der Waals surface area contributed by atoms with Crippen LogP contribution in [0, 0.1) is 5.92 Å². The van der Waals surface area contributed by atoms with Crippen LogP contribution in [0.15, 0.2) is 24.3 Å². The maximum Gasteiger partial charge on any atom is 0.408 e. The first-order valence-electron chi connectivity index (χ1n) is 9.67. The molecule has 0 spiro atoms. The Bertz CT molecular complexity index is 694. The molecule has 0 fully saturated rings. The number of hydrogen-bond donors (Lipinski definition) is 3. The molecule has 0 bridgehead atoms. The summed E-state index contributed by atoms with van der Waals surface area (Å²) in [5, 5.41) is 14.6. The highest BCUT2D eigenvalue weighted by atomic mass is 16.6. The van der Waals surface area contributed by atoms with Gasteiger partial charge < -0.3 is 25.2 Å². The maximum absolute atomic E-state index is 12.8. The van der Waals surface area contributed by atoms with E-state index in [1.807, 2.05) is 0 Å². The summed E-state index contributed by atoms with van der Waals surface area (Å²) in [7, 11) is 0. The summed E-state index contributed by atoms with van der Waals surface area (Å²) < 4.78 is 10.3. The van der Waals surface area contributed by atoms with Gasteiger partial charge in [0.15, 0.2) is 0 Å². The molecule has 1 aromatic rings. The molecule has 0 aromatic heterocycles. The molecule has 0 aliphatic carbocycles. The monoisotopic (exact) mass is 408 g/mol. The number of amides is 2. The van der Waals surface area contributed by atoms with E-state index in [1.165, 1.54) is 12.1 Å². The average molecular weight is 408 g/mol. The van der Waals surface area contributed by atoms with Crippen molar-refractivity contribution in [2.45, 2.75) is 65.6 Å². The summed E-state index contributed by atoms with van der Waals surface area (Å²) >= 11 is 0. The minimum atomic E-state index is -0.936. The molecule has 29 heavy (non-hydrogen) atoms. The zero-order chi connectivity index (χ0) is 22.2. The van der Waals surface area contributed by atoms with E-state index in [4.69, 9.17) is 9.47 Å². The first-order chi connectivity index (χ1) is 13.4. The Labute approximate surface area is 172 Å². The molecule has 0 aliphatic rings. The van der Waals surface area contributed by atoms with Gasteiger partial charge in [0.25, 0.3) is 0 Å². The van der Waals surface area contributed by atoms with Crippen molar-refractivity contribution in [3.63, 3.8) is 0 Å². The van der Waals surface area contributed by atoms with Gasteiger partial charge in [-0.05, 0) is 51.3 Å². The number of hydrogen-bond acceptors (Lipinski definition) is 6. The Kier molecular flexibility index (Phi) is 8.94. The van der Waals surface area contributed by atoms with Gasteiger partial charge in [0, 0.05) is 6.42 Å². The third-order valence-electron chi connectivity index (χ3n) is 3.89. The standard InChI is InChI=1S/C21H32N2O6/c1-7-28-19(26)16(12-14-8-10-15(24)11-9-14)22-18(25)17(13(2)3)23-20(27)29-21(4,5)6/h8-11,13,16-17,24H,7,12H2,1-6H3,(H,22,25)(H,23,27)/t16-,17+/m1/s1. The summed E-state index contributed by atoms with van der Waals surface area (Å²) in [5.41, 5.74) is 0.0383. The normalized spacial score (nSPS) is 13.3. The summed E-state index contributed by atoms with van der Waals surface area (Å²) in [4.78, 5) is 37.3. The fourth-order valence-electron chi connectivity index (χ4n) is 2.53. The highest BCUT2D eigenvalue weighted by molar-refractivity contribution is 5.90. The van der Waals surface area contributed by atoms with Gasteiger partial charge in [-0.25, -0.2) is 9.59 Å². The van der Waals surface area contributed by atoms with Crippen molar-refractivity contribution >= 4 is 18.0 Å².